The van der Waals surface area contributed by atoms with Crippen molar-refractivity contribution < 1.29 is 14.7 Å². The molecule has 0 aromatic carbocycles. The van der Waals surface area contributed by atoms with Crippen LogP contribution in [0, 0.1) is 0 Å². The Labute approximate surface area is 177 Å². The molecule has 0 unspecified atom stereocenters. The Kier molecular flexibility index (Phi) is 6.03. The second-order valence-corrected chi connectivity index (χ2v) is 6.85. The Morgan fingerprint density at radius 3 is 2.61 bits per heavy atom. The van der Waals surface area contributed by atoms with E-state index in [1.807, 2.05) is 0 Å². The Bertz CT molecular complexity index is 1090. The summed E-state index contributed by atoms with van der Waals surface area (Å²) in [5, 5.41) is 17.1. The molecule has 1 aliphatic carbocycles. The molecule has 4 rings (SSSR count). The molecule has 11 heteroatoms. The topological polar surface area (TPSA) is 155 Å². The first kappa shape index (κ1) is 20.3. The van der Waals surface area contributed by atoms with E-state index in [1.54, 1.807) is 30.7 Å². The van der Waals surface area contributed by atoms with E-state index >= 15 is 0 Å². The van der Waals surface area contributed by atoms with E-state index in [0.29, 0.717) is 11.6 Å². The van der Waals surface area contributed by atoms with Gasteiger partial charge < -0.3 is 21.1 Å². The van der Waals surface area contributed by atoms with Crippen LogP contribution in [0.4, 0.5) is 17.2 Å². The molecule has 0 atom stereocenters. The molecule has 31 heavy (non-hydrogen) atoms. The lowest BCUT2D eigenvalue weighted by Gasteiger charge is -2.13. The quantitative estimate of drug-likeness (QED) is 0.421. The molecule has 1 aliphatic rings. The Morgan fingerprint density at radius 1 is 1.06 bits per heavy atom. The van der Waals surface area contributed by atoms with E-state index in [-0.39, 0.29) is 36.0 Å². The van der Waals surface area contributed by atoms with E-state index in [1.165, 1.54) is 12.5 Å². The molecule has 3 heterocycles. The van der Waals surface area contributed by atoms with Gasteiger partial charge in [-0.15, -0.1) is 0 Å². The van der Waals surface area contributed by atoms with Gasteiger partial charge >= 0.3 is 0 Å². The monoisotopic (exact) mass is 420 g/mol. The Hall–Kier alpha value is -3.99. The number of amides is 2. The predicted molar refractivity (Wildman–Crippen MR) is 111 cm³/mol. The molecule has 0 bridgehead atoms. The van der Waals surface area contributed by atoms with Crippen LogP contribution in [-0.2, 0) is 0 Å². The molecule has 2 amide bonds. The molecule has 1 fully saturated rings. The zero-order valence-corrected chi connectivity index (χ0v) is 16.4. The summed E-state index contributed by atoms with van der Waals surface area (Å²) in [6, 6.07) is 3.17. The van der Waals surface area contributed by atoms with Crippen molar-refractivity contribution in [1.29, 1.82) is 0 Å². The van der Waals surface area contributed by atoms with Crippen LogP contribution in [0.3, 0.4) is 0 Å². The van der Waals surface area contributed by atoms with E-state index in [0.717, 1.165) is 18.5 Å². The van der Waals surface area contributed by atoms with Gasteiger partial charge in [-0.25, -0.2) is 24.9 Å². The maximum atomic E-state index is 13.1. The van der Waals surface area contributed by atoms with E-state index < -0.39 is 11.8 Å². The van der Waals surface area contributed by atoms with E-state index in [2.05, 4.69) is 40.9 Å². The van der Waals surface area contributed by atoms with Crippen molar-refractivity contribution in [2.24, 2.45) is 0 Å². The Balaban J connectivity index is 1.62. The second-order valence-electron chi connectivity index (χ2n) is 6.85. The predicted octanol–water partition coefficient (Wildman–Crippen LogP) is 1.26. The first-order valence-electron chi connectivity index (χ1n) is 9.70. The van der Waals surface area contributed by atoms with Gasteiger partial charge in [0, 0.05) is 18.7 Å². The summed E-state index contributed by atoms with van der Waals surface area (Å²) in [5.74, 6) is -0.514. The minimum absolute atomic E-state index is 0.0292. The fraction of sp³-hybridized carbons (Fsp3) is 0.250. The van der Waals surface area contributed by atoms with E-state index in [9.17, 15) is 9.59 Å². The molecule has 11 nitrogen and oxygen atoms in total. The van der Waals surface area contributed by atoms with Crippen molar-refractivity contribution in [3.8, 4) is 0 Å². The highest BCUT2D eigenvalue weighted by Gasteiger charge is 2.28. The smallest absolute Gasteiger partial charge is 0.278 e. The van der Waals surface area contributed by atoms with Gasteiger partial charge in [-0.05, 0) is 25.0 Å². The molecule has 3 aromatic heterocycles. The zero-order chi connectivity index (χ0) is 21.6. The number of aliphatic hydroxyl groups excluding tert-OH is 1. The normalized spacial score (nSPS) is 12.8. The average molecular weight is 420 g/mol. The van der Waals surface area contributed by atoms with Gasteiger partial charge in [0.1, 0.15) is 6.33 Å². The summed E-state index contributed by atoms with van der Waals surface area (Å²) >= 11 is 0. The zero-order valence-electron chi connectivity index (χ0n) is 16.4. The highest BCUT2D eigenvalue weighted by Crippen LogP contribution is 2.39. The highest BCUT2D eigenvalue weighted by molar-refractivity contribution is 6.09. The standard InChI is InChI=1S/C20H20N8O3/c29-7-6-24-19(30)16-14(2-1-5-23-16)28-20(31)17-18(26-13-8-21-11-22-9-13)25-10-15(27-17)12-3-4-12/h1-2,5,8-12,29H,3-4,6-7H2,(H,24,30)(H,25,26)(H,28,31). The molecule has 158 valence electrons. The van der Waals surface area contributed by atoms with Gasteiger partial charge in [0.2, 0.25) is 0 Å². The lowest BCUT2D eigenvalue weighted by atomic mass is 10.2. The van der Waals surface area contributed by atoms with Gasteiger partial charge in [-0.2, -0.15) is 0 Å². The van der Waals surface area contributed by atoms with Crippen LogP contribution >= 0.6 is 0 Å². The molecule has 0 spiro atoms. The second kappa shape index (κ2) is 9.22. The lowest BCUT2D eigenvalue weighted by molar-refractivity contribution is 0.0940. The minimum Gasteiger partial charge on any atom is -0.395 e. The van der Waals surface area contributed by atoms with Crippen LogP contribution in [0.1, 0.15) is 45.4 Å². The molecule has 0 saturated heterocycles. The number of aromatic nitrogens is 5. The fourth-order valence-corrected chi connectivity index (χ4v) is 2.85. The van der Waals surface area contributed by atoms with Crippen molar-refractivity contribution in [1.82, 2.24) is 30.2 Å². The van der Waals surface area contributed by atoms with Crippen LogP contribution in [0.25, 0.3) is 0 Å². The summed E-state index contributed by atoms with van der Waals surface area (Å²) in [4.78, 5) is 46.3. The van der Waals surface area contributed by atoms with Gasteiger partial charge in [-0.1, -0.05) is 0 Å². The summed E-state index contributed by atoms with van der Waals surface area (Å²) in [6.07, 6.45) is 9.61. The number of aliphatic hydroxyl groups is 1. The van der Waals surface area contributed by atoms with Gasteiger partial charge in [0.25, 0.3) is 11.8 Å². The van der Waals surface area contributed by atoms with Crippen LogP contribution in [-0.4, -0.2) is 55.0 Å². The third-order valence-electron chi connectivity index (χ3n) is 4.49. The third-order valence-corrected chi connectivity index (χ3v) is 4.49. The summed E-state index contributed by atoms with van der Waals surface area (Å²) in [7, 11) is 0. The number of hydrogen-bond acceptors (Lipinski definition) is 9. The molecule has 1 saturated carbocycles. The van der Waals surface area contributed by atoms with Gasteiger partial charge in [0.05, 0.1) is 42.3 Å². The van der Waals surface area contributed by atoms with Gasteiger partial charge in [0.15, 0.2) is 17.2 Å². The number of hydrogen-bond donors (Lipinski definition) is 4. The third kappa shape index (κ3) is 4.95. The van der Waals surface area contributed by atoms with Crippen molar-refractivity contribution in [3.05, 3.63) is 60.3 Å². The van der Waals surface area contributed by atoms with Gasteiger partial charge in [-0.3, -0.25) is 9.59 Å². The number of rotatable bonds is 8. The van der Waals surface area contributed by atoms with Crippen LogP contribution in [0.2, 0.25) is 0 Å². The highest BCUT2D eigenvalue weighted by atomic mass is 16.3. The first-order valence-corrected chi connectivity index (χ1v) is 9.70. The van der Waals surface area contributed by atoms with Crippen LogP contribution in [0.5, 0.6) is 0 Å². The van der Waals surface area contributed by atoms with E-state index in [4.69, 9.17) is 5.11 Å². The SMILES string of the molecule is O=C(NCCO)c1ncccc1NC(=O)c1nc(C2CC2)cnc1Nc1cncnc1. The number of nitrogens with zero attached hydrogens (tertiary/aromatic N) is 5. The van der Waals surface area contributed by atoms with Crippen molar-refractivity contribution >= 4 is 29.0 Å². The van der Waals surface area contributed by atoms with Crippen molar-refractivity contribution in [2.75, 3.05) is 23.8 Å². The van der Waals surface area contributed by atoms with Crippen LogP contribution in [0.15, 0.2) is 43.2 Å². The molecular weight excluding hydrogens is 400 g/mol. The molecule has 0 aliphatic heterocycles. The first-order chi connectivity index (χ1) is 15.2. The average Bonchev–Trinajstić information content (AvgIpc) is 3.64. The van der Waals surface area contributed by atoms with Crippen molar-refractivity contribution in [2.45, 2.75) is 18.8 Å². The number of anilines is 3. The Morgan fingerprint density at radius 2 is 1.87 bits per heavy atom. The van der Waals surface area contributed by atoms with Crippen molar-refractivity contribution in [3.63, 3.8) is 0 Å². The largest absolute Gasteiger partial charge is 0.395 e. The fourth-order valence-electron chi connectivity index (χ4n) is 2.85. The number of pyridine rings is 1. The maximum Gasteiger partial charge on any atom is 0.278 e. The summed E-state index contributed by atoms with van der Waals surface area (Å²) in [5.41, 5.74) is 1.62. The summed E-state index contributed by atoms with van der Waals surface area (Å²) in [6.45, 7) is -0.132. The molecule has 0 radical (unpaired) electrons. The molecular formula is C20H20N8O3. The lowest BCUT2D eigenvalue weighted by Crippen LogP contribution is -2.29. The number of nitrogens with one attached hydrogen (secondary N) is 3. The summed E-state index contributed by atoms with van der Waals surface area (Å²) < 4.78 is 0. The molecule has 4 N–H and O–H groups in total. The number of carbonyl (C=O) groups excluding carboxylic acids is 2. The molecule has 3 aromatic rings. The maximum absolute atomic E-state index is 13.1. The minimum atomic E-state index is -0.543. The van der Waals surface area contributed by atoms with Crippen LogP contribution < -0.4 is 16.0 Å². The number of carbonyl (C=O) groups is 2.